The Labute approximate surface area is 628 Å². The molecule has 28 nitrogen and oxygen atoms in total. The van der Waals surface area contributed by atoms with Crippen LogP contribution in [0.25, 0.3) is 133 Å². The van der Waals surface area contributed by atoms with Crippen LogP contribution < -0.4 is 24.3 Å². The molecule has 1 fully saturated rings. The predicted molar refractivity (Wildman–Crippen MR) is 420 cm³/mol. The van der Waals surface area contributed by atoms with Crippen molar-refractivity contribution in [2.75, 3.05) is 92.2 Å². The SMILES string of the molecule is Cn1c(-c2cc3cccnc3[nH]2)cc2cc(OCC(=O)N(CCO)CCO)ccc21.Cn1c(-c2cc3cccnc3[nH]2)cc2cc(OCC(=O)N3CCOCC3)ccc21.Cn1c(-c2cc3cccnc3[nH]2)cc2cc(OCC(=O)NCCO)ccc21.Cn1c(-c2cc3cccnc3[nH]2)cc2cc(OCC(=O)O)ccc21. The van der Waals surface area contributed by atoms with E-state index in [0.29, 0.717) is 49.3 Å². The van der Waals surface area contributed by atoms with Gasteiger partial charge in [-0.1, -0.05) is 0 Å². The number of aryl methyl sites for hydroxylation is 4. The van der Waals surface area contributed by atoms with E-state index in [0.717, 1.165) is 133 Å². The number of carbonyl (C=O) groups is 4. The van der Waals surface area contributed by atoms with Crippen LogP contribution in [0.1, 0.15) is 0 Å². The molecule has 0 bridgehead atoms. The molecule has 13 heterocycles. The number of rotatable bonds is 22. The van der Waals surface area contributed by atoms with Crippen molar-refractivity contribution in [1.82, 2.24) is 73.3 Å². The number of aromatic nitrogens is 12. The van der Waals surface area contributed by atoms with E-state index in [1.54, 1.807) is 35.8 Å². The number of hydrogen-bond donors (Lipinski definition) is 9. The number of carbonyl (C=O) groups excluding carboxylic acids is 3. The molecule has 0 saturated carbocycles. The summed E-state index contributed by atoms with van der Waals surface area (Å²) in [6.45, 7) is 2.05. The largest absolute Gasteiger partial charge is 0.484 e. The number of morpholine rings is 1. The molecule has 17 rings (SSSR count). The van der Waals surface area contributed by atoms with Gasteiger partial charge in [-0.15, -0.1) is 0 Å². The Hall–Kier alpha value is -13.3. The average molecular weight is 1480 g/mol. The van der Waals surface area contributed by atoms with Crippen molar-refractivity contribution in [3.63, 3.8) is 0 Å². The molecule has 0 spiro atoms. The molecule has 12 aromatic heterocycles. The summed E-state index contributed by atoms with van der Waals surface area (Å²) in [5, 5.41) is 46.4. The fraction of sp³-hybridized carbons (Fsp3) is 0.220. The van der Waals surface area contributed by atoms with Crippen LogP contribution in [0.4, 0.5) is 0 Å². The van der Waals surface area contributed by atoms with Crippen molar-refractivity contribution < 1.29 is 63.3 Å². The van der Waals surface area contributed by atoms with Gasteiger partial charge in [0.15, 0.2) is 26.4 Å². The lowest BCUT2D eigenvalue weighted by Crippen LogP contribution is -2.42. The molecule has 16 aromatic rings. The lowest BCUT2D eigenvalue weighted by Gasteiger charge is -2.26. The summed E-state index contributed by atoms with van der Waals surface area (Å²) in [6.07, 6.45) is 7.07. The zero-order valence-electron chi connectivity index (χ0n) is 60.8. The second-order valence-electron chi connectivity index (χ2n) is 26.2. The van der Waals surface area contributed by atoms with Gasteiger partial charge in [0.05, 0.1) is 78.6 Å². The van der Waals surface area contributed by atoms with Crippen molar-refractivity contribution in [1.29, 1.82) is 0 Å². The summed E-state index contributed by atoms with van der Waals surface area (Å²) >= 11 is 0. The number of H-pyrrole nitrogens is 4. The molecule has 9 N–H and O–H groups in total. The zero-order chi connectivity index (χ0) is 76.4. The molecule has 0 atom stereocenters. The van der Waals surface area contributed by atoms with E-state index in [1.165, 1.54) is 4.90 Å². The predicted octanol–water partition coefficient (Wildman–Crippen LogP) is 10.3. The average Bonchev–Trinajstić information content (AvgIpc) is 1.64. The number of aliphatic carboxylic acids is 1. The normalized spacial score (nSPS) is 12.1. The Bertz CT molecular complexity index is 5850. The number of benzene rings is 4. The fourth-order valence-electron chi connectivity index (χ4n) is 13.5. The zero-order valence-corrected chi connectivity index (χ0v) is 60.8. The lowest BCUT2D eigenvalue weighted by atomic mass is 10.2. The smallest absolute Gasteiger partial charge is 0.341 e. The molecule has 4 aromatic carbocycles. The number of pyridine rings is 4. The highest BCUT2D eigenvalue weighted by molar-refractivity contribution is 5.95. The van der Waals surface area contributed by atoms with Crippen molar-refractivity contribution in [3.05, 3.63) is 195 Å². The van der Waals surface area contributed by atoms with Gasteiger partial charge < -0.3 is 97.4 Å². The number of aliphatic hydroxyl groups excluding tert-OH is 3. The molecule has 0 unspecified atom stereocenters. The maximum atomic E-state index is 12.3. The van der Waals surface area contributed by atoms with E-state index < -0.39 is 5.97 Å². The first kappa shape index (κ1) is 73.6. The van der Waals surface area contributed by atoms with Crippen LogP contribution >= 0.6 is 0 Å². The quantitative estimate of drug-likeness (QED) is 0.0304. The van der Waals surface area contributed by atoms with E-state index in [1.807, 2.05) is 150 Å². The van der Waals surface area contributed by atoms with Crippen LogP contribution in [0.2, 0.25) is 0 Å². The highest BCUT2D eigenvalue weighted by Crippen LogP contribution is 2.36. The van der Waals surface area contributed by atoms with Crippen LogP contribution in [0.3, 0.4) is 0 Å². The second-order valence-corrected chi connectivity index (χ2v) is 26.2. The number of nitrogens with one attached hydrogen (secondary N) is 5. The van der Waals surface area contributed by atoms with Gasteiger partial charge >= 0.3 is 5.97 Å². The molecule has 3 amide bonds. The second kappa shape index (κ2) is 33.2. The number of hydrogen-bond acceptors (Lipinski definition) is 16. The van der Waals surface area contributed by atoms with Crippen LogP contribution in [0.15, 0.2) is 195 Å². The van der Waals surface area contributed by atoms with Crippen molar-refractivity contribution in [3.8, 4) is 68.5 Å². The van der Waals surface area contributed by atoms with E-state index in [4.69, 9.17) is 44.1 Å². The first-order chi connectivity index (χ1) is 53.6. The molecule has 1 aliphatic heterocycles. The summed E-state index contributed by atoms with van der Waals surface area (Å²) in [5.41, 5.74) is 15.8. The monoisotopic (exact) mass is 1480 g/mol. The highest BCUT2D eigenvalue weighted by Gasteiger charge is 2.21. The van der Waals surface area contributed by atoms with Gasteiger partial charge in [0.2, 0.25) is 0 Å². The summed E-state index contributed by atoms with van der Waals surface area (Å²) in [5.74, 6) is 0.898. The number of fused-ring (bicyclic) bond motifs is 8. The molecule has 0 radical (unpaired) electrons. The summed E-state index contributed by atoms with van der Waals surface area (Å²) in [7, 11) is 8.05. The number of ether oxygens (including phenoxy) is 5. The minimum absolute atomic E-state index is 0.00674. The molecule has 1 aliphatic rings. The Kier molecular flexibility index (Phi) is 22.2. The maximum absolute atomic E-state index is 12.3. The lowest BCUT2D eigenvalue weighted by molar-refractivity contribution is -0.139. The van der Waals surface area contributed by atoms with Crippen LogP contribution in [0.5, 0.6) is 23.0 Å². The van der Waals surface area contributed by atoms with E-state index >= 15 is 0 Å². The summed E-state index contributed by atoms with van der Waals surface area (Å²) < 4.78 is 36.0. The topological polar surface area (TPSA) is 348 Å². The molecular weight excluding hydrogens is 1400 g/mol. The van der Waals surface area contributed by atoms with E-state index in [-0.39, 0.29) is 83.6 Å². The van der Waals surface area contributed by atoms with Gasteiger partial charge in [0.25, 0.3) is 17.7 Å². The summed E-state index contributed by atoms with van der Waals surface area (Å²) in [4.78, 5) is 80.8. The van der Waals surface area contributed by atoms with Crippen LogP contribution in [-0.2, 0) is 52.1 Å². The first-order valence-electron chi connectivity index (χ1n) is 35.7. The molecule has 1 saturated heterocycles. The van der Waals surface area contributed by atoms with Crippen molar-refractivity contribution >= 4 is 111 Å². The van der Waals surface area contributed by atoms with Crippen molar-refractivity contribution in [2.45, 2.75) is 0 Å². The number of nitrogens with zero attached hydrogens (tertiary/aromatic N) is 10. The molecule has 28 heteroatoms. The number of carboxylic acid groups (broad SMARTS) is 1. The van der Waals surface area contributed by atoms with E-state index in [2.05, 4.69) is 106 Å². The maximum Gasteiger partial charge on any atom is 0.341 e. The number of aliphatic hydroxyl groups is 3. The molecular formula is C82H81N15O13. The van der Waals surface area contributed by atoms with Gasteiger partial charge in [-0.05, 0) is 170 Å². The van der Waals surface area contributed by atoms with Gasteiger partial charge in [-0.3, -0.25) is 14.4 Å². The third kappa shape index (κ3) is 16.5. The fourth-order valence-corrected chi connectivity index (χ4v) is 13.5. The van der Waals surface area contributed by atoms with Gasteiger partial charge in [0.1, 0.15) is 45.6 Å². The minimum Gasteiger partial charge on any atom is -0.484 e. The van der Waals surface area contributed by atoms with Crippen LogP contribution in [0, 0.1) is 0 Å². The van der Waals surface area contributed by atoms with Crippen molar-refractivity contribution in [2.24, 2.45) is 28.2 Å². The number of amides is 3. The Balaban J connectivity index is 0.000000123. The van der Waals surface area contributed by atoms with Gasteiger partial charge in [0, 0.05) is 151 Å². The summed E-state index contributed by atoms with van der Waals surface area (Å²) in [6, 6.07) is 55.3. The molecule has 0 aliphatic carbocycles. The Morgan fingerprint density at radius 3 is 1.09 bits per heavy atom. The van der Waals surface area contributed by atoms with Gasteiger partial charge in [-0.2, -0.15) is 0 Å². The third-order valence-electron chi connectivity index (χ3n) is 19.1. The number of aromatic amines is 4. The first-order valence-corrected chi connectivity index (χ1v) is 35.7. The molecule has 110 heavy (non-hydrogen) atoms. The Morgan fingerprint density at radius 2 is 0.764 bits per heavy atom. The van der Waals surface area contributed by atoms with E-state index in [9.17, 15) is 19.2 Å². The highest BCUT2D eigenvalue weighted by atomic mass is 16.5. The number of carboxylic acids is 1. The Morgan fingerprint density at radius 1 is 0.427 bits per heavy atom. The molecule has 562 valence electrons. The third-order valence-corrected chi connectivity index (χ3v) is 19.1. The van der Waals surface area contributed by atoms with Crippen LogP contribution in [-0.4, -0.2) is 204 Å². The standard InChI is InChI=1S/C22H24N4O4.C22H22N4O3.C20H20N4O3.C18H15N3O3/c1-25-19-5-4-17(30-14-21(29)26(7-9-27)8-10-28)11-16(19)13-20(25)18-12-15-3-2-6-23-22(15)24-18;1-25-19-5-4-17(29-14-21(27)26-7-9-28-10-8-26)11-16(19)13-20(25)18-12-15-3-2-6-23-22(15)24-18;1-24-17-5-4-15(27-12-19(26)21-7-8-25)9-14(17)11-18(24)16-10-13-3-2-6-22-20(13)23-16;1-21-15-5-4-13(24-10-17(22)23)7-12(15)9-16(21)14-8-11-3-2-6-19-18(11)20-14/h2-6,11-13,27-28H,7-10,14H2,1H3,(H,23,24);2-6,11-13H,7-10,14H2,1H3,(H,23,24);2-6,9-11,25H,7-8,12H2,1H3,(H,21,26)(H,22,23);2-9H,10H2,1H3,(H,19,20)(H,22,23). The minimum atomic E-state index is -0.991. The van der Waals surface area contributed by atoms with Gasteiger partial charge in [-0.25, -0.2) is 24.7 Å².